The summed E-state index contributed by atoms with van der Waals surface area (Å²) >= 11 is 1.48. The van der Waals surface area contributed by atoms with Crippen molar-refractivity contribution in [1.29, 1.82) is 0 Å². The summed E-state index contributed by atoms with van der Waals surface area (Å²) in [6, 6.07) is 19.7. The largest absolute Gasteiger partial charge is 0.372 e. The van der Waals surface area contributed by atoms with E-state index in [1.165, 1.54) is 47.2 Å². The SMILES string of the molecule is O=C(Cn1cnc2sc(-c3ccccc3)cc2c1=O)Nc1ccc(N2CCCCC2)cc1. The second-order valence-electron chi connectivity index (χ2n) is 8.02. The van der Waals surface area contributed by atoms with Crippen LogP contribution in [0.1, 0.15) is 19.3 Å². The van der Waals surface area contributed by atoms with Crippen LogP contribution in [0, 0.1) is 0 Å². The zero-order valence-corrected chi connectivity index (χ0v) is 18.5. The van der Waals surface area contributed by atoms with Gasteiger partial charge in [0.15, 0.2) is 0 Å². The number of anilines is 2. The molecule has 7 heteroatoms. The van der Waals surface area contributed by atoms with Gasteiger partial charge in [0.05, 0.1) is 11.7 Å². The first-order valence-corrected chi connectivity index (χ1v) is 11.7. The van der Waals surface area contributed by atoms with E-state index < -0.39 is 0 Å². The molecule has 5 rings (SSSR count). The lowest BCUT2D eigenvalue weighted by atomic mass is 10.1. The van der Waals surface area contributed by atoms with Gasteiger partial charge in [0.1, 0.15) is 11.4 Å². The molecule has 1 aliphatic rings. The first-order valence-electron chi connectivity index (χ1n) is 10.9. The summed E-state index contributed by atoms with van der Waals surface area (Å²) in [5.74, 6) is -0.252. The Morgan fingerprint density at radius 2 is 1.75 bits per heavy atom. The predicted octanol–water partition coefficient (Wildman–Crippen LogP) is 4.75. The average Bonchev–Trinajstić information content (AvgIpc) is 3.28. The van der Waals surface area contributed by atoms with Crippen LogP contribution in [0.15, 0.2) is 71.8 Å². The van der Waals surface area contributed by atoms with Gasteiger partial charge < -0.3 is 10.2 Å². The van der Waals surface area contributed by atoms with Crippen LogP contribution in [0.3, 0.4) is 0 Å². The molecule has 2 aromatic heterocycles. The van der Waals surface area contributed by atoms with Gasteiger partial charge in [-0.05, 0) is 55.2 Å². The van der Waals surface area contributed by atoms with Crippen LogP contribution in [0.5, 0.6) is 0 Å². The first kappa shape index (κ1) is 20.5. The molecule has 1 saturated heterocycles. The van der Waals surface area contributed by atoms with Crippen LogP contribution in [-0.2, 0) is 11.3 Å². The van der Waals surface area contributed by atoms with E-state index in [9.17, 15) is 9.59 Å². The zero-order valence-electron chi connectivity index (χ0n) is 17.7. The lowest BCUT2D eigenvalue weighted by Crippen LogP contribution is -2.29. The average molecular weight is 445 g/mol. The van der Waals surface area contributed by atoms with Crippen molar-refractivity contribution in [2.45, 2.75) is 25.8 Å². The number of fused-ring (bicyclic) bond motifs is 1. The third-order valence-electron chi connectivity index (χ3n) is 5.76. The monoisotopic (exact) mass is 444 g/mol. The number of thiophene rings is 1. The lowest BCUT2D eigenvalue weighted by molar-refractivity contribution is -0.116. The Labute approximate surface area is 190 Å². The highest BCUT2D eigenvalue weighted by Gasteiger charge is 2.13. The number of amides is 1. The van der Waals surface area contributed by atoms with Gasteiger partial charge in [-0.2, -0.15) is 0 Å². The second kappa shape index (κ2) is 8.96. The molecule has 1 N–H and O–H groups in total. The maximum Gasteiger partial charge on any atom is 0.262 e. The molecule has 0 atom stereocenters. The number of nitrogens with zero attached hydrogens (tertiary/aromatic N) is 3. The van der Waals surface area contributed by atoms with Crippen LogP contribution in [0.25, 0.3) is 20.7 Å². The van der Waals surface area contributed by atoms with E-state index >= 15 is 0 Å². The minimum Gasteiger partial charge on any atom is -0.372 e. The fraction of sp³-hybridized carbons (Fsp3) is 0.240. The summed E-state index contributed by atoms with van der Waals surface area (Å²) in [6.07, 6.45) is 5.20. The van der Waals surface area contributed by atoms with E-state index in [-0.39, 0.29) is 18.0 Å². The van der Waals surface area contributed by atoms with E-state index in [2.05, 4.69) is 15.2 Å². The van der Waals surface area contributed by atoms with Crippen LogP contribution in [0.4, 0.5) is 11.4 Å². The number of carbonyl (C=O) groups excluding carboxylic acids is 1. The number of nitrogens with one attached hydrogen (secondary N) is 1. The number of hydrogen-bond donors (Lipinski definition) is 1. The fourth-order valence-electron chi connectivity index (χ4n) is 4.08. The number of benzene rings is 2. The Bertz CT molecular complexity index is 1290. The highest BCUT2D eigenvalue weighted by atomic mass is 32.1. The van der Waals surface area contributed by atoms with Crippen molar-refractivity contribution < 1.29 is 4.79 Å². The third-order valence-corrected chi connectivity index (χ3v) is 6.85. The Morgan fingerprint density at radius 1 is 1.00 bits per heavy atom. The minimum absolute atomic E-state index is 0.0772. The van der Waals surface area contributed by atoms with E-state index in [1.807, 2.05) is 60.7 Å². The molecule has 162 valence electrons. The van der Waals surface area contributed by atoms with E-state index in [0.717, 1.165) is 29.2 Å². The molecule has 4 aromatic rings. The summed E-state index contributed by atoms with van der Waals surface area (Å²) in [6.45, 7) is 2.09. The molecule has 0 spiro atoms. The summed E-state index contributed by atoms with van der Waals surface area (Å²) in [4.78, 5) is 34.0. The summed E-state index contributed by atoms with van der Waals surface area (Å²) in [5.41, 5.74) is 2.75. The Balaban J connectivity index is 1.29. The molecule has 0 unspecified atom stereocenters. The van der Waals surface area contributed by atoms with Crippen molar-refractivity contribution in [2.24, 2.45) is 0 Å². The number of hydrogen-bond acceptors (Lipinski definition) is 5. The summed E-state index contributed by atoms with van der Waals surface area (Å²) < 4.78 is 1.36. The molecule has 1 aliphatic heterocycles. The van der Waals surface area contributed by atoms with E-state index in [0.29, 0.717) is 10.2 Å². The van der Waals surface area contributed by atoms with Crippen molar-refractivity contribution in [2.75, 3.05) is 23.3 Å². The van der Waals surface area contributed by atoms with Gasteiger partial charge in [0.25, 0.3) is 5.56 Å². The molecule has 0 radical (unpaired) electrons. The quantitative estimate of drug-likeness (QED) is 0.482. The Kier molecular flexibility index (Phi) is 5.73. The van der Waals surface area contributed by atoms with Crippen LogP contribution >= 0.6 is 11.3 Å². The van der Waals surface area contributed by atoms with Crippen molar-refractivity contribution >= 4 is 38.8 Å². The molecule has 3 heterocycles. The first-order chi connectivity index (χ1) is 15.7. The van der Waals surface area contributed by atoms with Gasteiger partial charge in [-0.15, -0.1) is 11.3 Å². The van der Waals surface area contributed by atoms with Crippen LogP contribution in [0.2, 0.25) is 0 Å². The zero-order chi connectivity index (χ0) is 21.9. The van der Waals surface area contributed by atoms with Gasteiger partial charge in [-0.3, -0.25) is 14.2 Å². The van der Waals surface area contributed by atoms with Crippen LogP contribution in [-0.4, -0.2) is 28.5 Å². The molecule has 0 bridgehead atoms. The van der Waals surface area contributed by atoms with Gasteiger partial charge >= 0.3 is 0 Å². The standard InChI is InChI=1S/C25H24N4O2S/c30-23(27-19-9-11-20(12-10-19)28-13-5-2-6-14-28)16-29-17-26-24-21(25(29)31)15-22(32-24)18-7-3-1-4-8-18/h1,3-4,7-12,15,17H,2,5-6,13-14,16H2,(H,27,30). The highest BCUT2D eigenvalue weighted by Crippen LogP contribution is 2.30. The molecule has 6 nitrogen and oxygen atoms in total. The smallest absolute Gasteiger partial charge is 0.262 e. The molecule has 0 saturated carbocycles. The van der Waals surface area contributed by atoms with E-state index in [4.69, 9.17) is 0 Å². The molecule has 32 heavy (non-hydrogen) atoms. The summed E-state index contributed by atoms with van der Waals surface area (Å²) in [7, 11) is 0. The van der Waals surface area contributed by atoms with Gasteiger partial charge in [-0.1, -0.05) is 30.3 Å². The molecule has 1 amide bonds. The van der Waals surface area contributed by atoms with Crippen molar-refractivity contribution in [3.63, 3.8) is 0 Å². The minimum atomic E-state index is -0.252. The Hall–Kier alpha value is -3.45. The van der Waals surface area contributed by atoms with Crippen molar-refractivity contribution in [3.05, 3.63) is 77.3 Å². The summed E-state index contributed by atoms with van der Waals surface area (Å²) in [5, 5.41) is 3.42. The molecular formula is C25H24N4O2S. The third kappa shape index (κ3) is 4.29. The normalized spacial score (nSPS) is 13.9. The number of piperidine rings is 1. The Morgan fingerprint density at radius 3 is 2.50 bits per heavy atom. The number of carbonyl (C=O) groups is 1. The maximum absolute atomic E-state index is 12.9. The van der Waals surface area contributed by atoms with E-state index in [1.54, 1.807) is 0 Å². The van der Waals surface area contributed by atoms with Gasteiger partial charge in [0.2, 0.25) is 5.91 Å². The highest BCUT2D eigenvalue weighted by molar-refractivity contribution is 7.21. The second-order valence-corrected chi connectivity index (χ2v) is 9.05. The van der Waals surface area contributed by atoms with Crippen molar-refractivity contribution in [1.82, 2.24) is 9.55 Å². The molecule has 0 aliphatic carbocycles. The molecule has 1 fully saturated rings. The number of aromatic nitrogens is 2. The lowest BCUT2D eigenvalue weighted by Gasteiger charge is -2.28. The molecular weight excluding hydrogens is 420 g/mol. The van der Waals surface area contributed by atoms with Crippen LogP contribution < -0.4 is 15.8 Å². The van der Waals surface area contributed by atoms with Gasteiger partial charge in [0, 0.05) is 29.3 Å². The molecule has 2 aromatic carbocycles. The predicted molar refractivity (Wildman–Crippen MR) is 130 cm³/mol. The van der Waals surface area contributed by atoms with Crippen molar-refractivity contribution in [3.8, 4) is 10.4 Å². The fourth-order valence-corrected chi connectivity index (χ4v) is 5.08. The topological polar surface area (TPSA) is 67.2 Å². The van der Waals surface area contributed by atoms with Gasteiger partial charge in [-0.25, -0.2) is 4.98 Å². The maximum atomic E-state index is 12.9. The number of rotatable bonds is 5.